The quantitative estimate of drug-likeness (QED) is 0.0553. The largest absolute Gasteiger partial charge is 0.508 e. The number of hydrogen-bond donors (Lipinski definition) is 7. The molecule has 13 nitrogen and oxygen atoms in total. The normalized spacial score (nSPS) is 28.8. The summed E-state index contributed by atoms with van der Waals surface area (Å²) in [5.74, 6) is 11.0. The summed E-state index contributed by atoms with van der Waals surface area (Å²) >= 11 is 0. The Balaban J connectivity index is 1.15. The number of benzene rings is 3. The van der Waals surface area contributed by atoms with E-state index >= 15 is 0 Å². The number of ether oxygens (including phenoxy) is 5. The predicted molar refractivity (Wildman–Crippen MR) is 287 cm³/mol. The summed E-state index contributed by atoms with van der Waals surface area (Å²) in [6, 6.07) is 8.13. The molecule has 388 valence electrons. The second-order valence-corrected chi connectivity index (χ2v) is 24.2. The molecule has 1 saturated heterocycles. The Morgan fingerprint density at radius 2 is 1.95 bits per heavy atom. The van der Waals surface area contributed by atoms with Crippen LogP contribution in [-0.4, -0.2) is 97.7 Å². The third-order valence-electron chi connectivity index (χ3n) is 16.9. The van der Waals surface area contributed by atoms with Crippen LogP contribution < -0.4 is 35.9 Å². The molecule has 10 unspecified atom stereocenters. The van der Waals surface area contributed by atoms with E-state index in [-0.39, 0.29) is 67.1 Å². The number of phenolic OH excluding ortho intramolecular Hbond substituents is 2. The van der Waals surface area contributed by atoms with Gasteiger partial charge in [-0.2, -0.15) is 0 Å². The van der Waals surface area contributed by atoms with Crippen LogP contribution in [0.5, 0.6) is 28.7 Å². The zero-order chi connectivity index (χ0) is 50.4. The van der Waals surface area contributed by atoms with Crippen LogP contribution in [0.25, 0.3) is 17.2 Å². The highest BCUT2D eigenvalue weighted by atomic mass is 33.1. The summed E-state index contributed by atoms with van der Waals surface area (Å²) in [7, 11) is 7.08. The number of carbonyl (C=O) groups is 1. The first-order valence-electron chi connectivity index (χ1n) is 26.4. The van der Waals surface area contributed by atoms with E-state index in [1.54, 1.807) is 20.3 Å². The van der Waals surface area contributed by atoms with Crippen molar-refractivity contribution in [2.24, 2.45) is 23.5 Å². The van der Waals surface area contributed by atoms with Gasteiger partial charge in [0.2, 0.25) is 0 Å². The van der Waals surface area contributed by atoms with Gasteiger partial charge in [0.15, 0.2) is 11.5 Å². The van der Waals surface area contributed by atoms with E-state index in [2.05, 4.69) is 58.2 Å². The Kier molecular flexibility index (Phi) is 14.8. The number of allylic oxidation sites excluding steroid dienone is 3. The van der Waals surface area contributed by atoms with Crippen molar-refractivity contribution < 1.29 is 43.8 Å². The molecule has 11 rings (SSSR count). The zero-order valence-corrected chi connectivity index (χ0v) is 43.9. The highest BCUT2D eigenvalue weighted by Gasteiger charge is 2.52. The molecular formula is C58H70N4O9S2. The Morgan fingerprint density at radius 3 is 2.78 bits per heavy atom. The number of esters is 1. The molecule has 1 spiro atoms. The van der Waals surface area contributed by atoms with Gasteiger partial charge < -0.3 is 60.7 Å². The highest BCUT2D eigenvalue weighted by Crippen LogP contribution is 2.63. The second-order valence-electron chi connectivity index (χ2n) is 21.6. The Labute approximate surface area is 437 Å². The van der Waals surface area contributed by atoms with Gasteiger partial charge in [-0.15, -0.1) is 0 Å². The molecule has 10 atom stereocenters. The molecule has 5 heterocycles. The molecule has 3 aromatic rings. The number of phenols is 2. The fraction of sp³-hybridized carbons (Fsp3) is 0.534. The fourth-order valence-corrected chi connectivity index (χ4v) is 16.1. The number of nitrogens with two attached hydrogens (primary N) is 1. The molecule has 73 heavy (non-hydrogen) atoms. The topological polar surface area (TPSA) is 186 Å². The lowest BCUT2D eigenvalue weighted by molar-refractivity contribution is -0.141. The average Bonchev–Trinajstić information content (AvgIpc) is 3.89. The summed E-state index contributed by atoms with van der Waals surface area (Å²) in [5, 5.41) is 45.7. The van der Waals surface area contributed by atoms with Gasteiger partial charge in [-0.3, -0.25) is 4.79 Å². The van der Waals surface area contributed by atoms with E-state index in [9.17, 15) is 20.1 Å². The Hall–Kier alpha value is -4.79. The number of carbonyl (C=O) groups excluding carboxylic acids is 1. The van der Waals surface area contributed by atoms with Crippen LogP contribution in [0.1, 0.15) is 116 Å². The monoisotopic (exact) mass is 1030 g/mol. The average molecular weight is 1030 g/mol. The van der Waals surface area contributed by atoms with Crippen molar-refractivity contribution in [2.75, 3.05) is 52.1 Å². The molecule has 5 aliphatic heterocycles. The molecular weight excluding hydrogens is 961 g/mol. The first kappa shape index (κ1) is 50.4. The van der Waals surface area contributed by atoms with E-state index in [1.165, 1.54) is 19.8 Å². The maximum Gasteiger partial charge on any atom is 0.302 e. The molecule has 6 bridgehead atoms. The molecule has 0 amide bonds. The van der Waals surface area contributed by atoms with Crippen molar-refractivity contribution in [3.8, 4) is 51.7 Å². The molecule has 15 heteroatoms. The number of aliphatic hydroxyl groups is 1. The minimum atomic E-state index is -0.707. The maximum atomic E-state index is 13.0. The second kappa shape index (κ2) is 21.4. The molecule has 2 saturated carbocycles. The number of fused-ring (bicyclic) bond motifs is 11. The minimum Gasteiger partial charge on any atom is -0.508 e. The lowest BCUT2D eigenvalue weighted by Gasteiger charge is -2.39. The molecule has 3 aliphatic carbocycles. The molecule has 8 aliphatic rings. The van der Waals surface area contributed by atoms with E-state index in [1.807, 2.05) is 33.7 Å². The predicted octanol–water partition coefficient (Wildman–Crippen LogP) is 8.22. The molecule has 3 aromatic carbocycles. The van der Waals surface area contributed by atoms with Crippen LogP contribution in [0.15, 0.2) is 53.8 Å². The van der Waals surface area contributed by atoms with Gasteiger partial charge in [0, 0.05) is 109 Å². The van der Waals surface area contributed by atoms with Gasteiger partial charge in [0.25, 0.3) is 0 Å². The van der Waals surface area contributed by atoms with Crippen LogP contribution in [0.4, 0.5) is 0 Å². The van der Waals surface area contributed by atoms with Crippen LogP contribution in [-0.2, 0) is 39.1 Å². The van der Waals surface area contributed by atoms with Crippen molar-refractivity contribution >= 4 is 33.6 Å². The van der Waals surface area contributed by atoms with E-state index in [4.69, 9.17) is 29.4 Å². The number of nitrogens with one attached hydrogen (secondary N) is 3. The van der Waals surface area contributed by atoms with Crippen LogP contribution in [0.3, 0.4) is 0 Å². The Bertz CT molecular complexity index is 2790. The molecule has 8 N–H and O–H groups in total. The number of methoxy groups -OCH3 is 2. The number of rotatable bonds is 11. The third kappa shape index (κ3) is 9.86. The van der Waals surface area contributed by atoms with Gasteiger partial charge in [0.1, 0.15) is 36.1 Å². The van der Waals surface area contributed by atoms with Gasteiger partial charge in [-0.25, -0.2) is 0 Å². The zero-order valence-electron chi connectivity index (χ0n) is 42.2. The highest BCUT2D eigenvalue weighted by molar-refractivity contribution is 8.76. The molecule has 3 fully saturated rings. The number of aromatic hydroxyl groups is 2. The van der Waals surface area contributed by atoms with E-state index < -0.39 is 18.2 Å². The van der Waals surface area contributed by atoms with E-state index in [0.717, 1.165) is 106 Å². The van der Waals surface area contributed by atoms with Crippen molar-refractivity contribution in [1.82, 2.24) is 16.0 Å². The first-order valence-corrected chi connectivity index (χ1v) is 28.9. The fourth-order valence-electron chi connectivity index (χ4n) is 13.5. The van der Waals surface area contributed by atoms with Gasteiger partial charge >= 0.3 is 5.97 Å². The third-order valence-corrected chi connectivity index (χ3v) is 19.5. The van der Waals surface area contributed by atoms with Crippen molar-refractivity contribution in [3.63, 3.8) is 0 Å². The molecule has 0 radical (unpaired) electrons. The lowest BCUT2D eigenvalue weighted by Crippen LogP contribution is -2.49. The maximum absolute atomic E-state index is 13.0. The number of dihydropyridines is 1. The van der Waals surface area contributed by atoms with E-state index in [0.29, 0.717) is 66.7 Å². The number of aliphatic hydroxyl groups excluding tert-OH is 1. The van der Waals surface area contributed by atoms with Crippen LogP contribution >= 0.6 is 21.6 Å². The summed E-state index contributed by atoms with van der Waals surface area (Å²) in [4.78, 5) is 13.0. The Morgan fingerprint density at radius 1 is 1.07 bits per heavy atom. The van der Waals surface area contributed by atoms with Gasteiger partial charge in [-0.1, -0.05) is 64.3 Å². The minimum absolute atomic E-state index is 0.0191. The summed E-state index contributed by atoms with van der Waals surface area (Å²) in [5.41, 5.74) is 16.2. The van der Waals surface area contributed by atoms with Crippen LogP contribution in [0.2, 0.25) is 0 Å². The first-order chi connectivity index (χ1) is 35.5. The summed E-state index contributed by atoms with van der Waals surface area (Å²) in [6.07, 6.45) is 16.9. The SMILES string of the molecule is COCCC(CO)CNCc1c(O)c2c(c3c1CC#CC1=C(C=CC(N)N1)CC1CCC4(Cc5cc(O)cc(OC)c5-c5ccc6c(c54)OC3C6COC(C)=O)C1)C=CC1NC3CCCC(CSSCC1O2)C3. The lowest BCUT2D eigenvalue weighted by atomic mass is 9.65. The smallest absolute Gasteiger partial charge is 0.302 e. The van der Waals surface area contributed by atoms with Crippen molar-refractivity contribution in [3.05, 3.63) is 92.7 Å². The van der Waals surface area contributed by atoms with Crippen molar-refractivity contribution in [1.29, 1.82) is 0 Å². The molecule has 0 aromatic heterocycles. The van der Waals surface area contributed by atoms with Crippen LogP contribution in [0, 0.1) is 29.6 Å². The van der Waals surface area contributed by atoms with Crippen molar-refractivity contribution in [2.45, 2.75) is 126 Å². The van der Waals surface area contributed by atoms with Gasteiger partial charge in [0.05, 0.1) is 30.9 Å². The number of hydrogen-bond acceptors (Lipinski definition) is 15. The summed E-state index contributed by atoms with van der Waals surface area (Å²) < 4.78 is 32.6. The van der Waals surface area contributed by atoms with Gasteiger partial charge in [-0.05, 0) is 116 Å². The summed E-state index contributed by atoms with van der Waals surface area (Å²) in [6.45, 7) is 2.72. The standard InChI is InChI=1S/C58H70N4O9S2/c1-32(64)69-29-45-41-11-12-42-51-37(22-39(65)23-48(51)68-3)25-58-18-16-33(24-58)20-36-10-15-50(59)62-46(36)9-5-8-40-44(27-60-26-35(28-63)17-19-67-2)54(66)57-43(52(40)55(45)71-56(41)53(42)58)13-14-47-49(70-57)31-73-72-30-34-6-4-7-38(21-34)61-47/h10-15,22-23,33-35,38,45,47,49-50,55,60-63,65-66H,4,6-8,16-21,24-31,59H2,1-3H3.